The number of esters is 1. The SMILES string of the molecule is COC(=O)C1OC(c2ccccc2)Cc2cccnc2C1=O. The monoisotopic (exact) mass is 297 g/mol. The number of rotatable bonds is 2. The van der Waals surface area contributed by atoms with Gasteiger partial charge in [-0.3, -0.25) is 9.78 Å². The highest BCUT2D eigenvalue weighted by atomic mass is 16.6. The van der Waals surface area contributed by atoms with E-state index < -0.39 is 24.0 Å². The normalized spacial score (nSPS) is 20.9. The van der Waals surface area contributed by atoms with Crippen LogP contribution < -0.4 is 0 Å². The van der Waals surface area contributed by atoms with Gasteiger partial charge in [-0.05, 0) is 17.2 Å². The molecule has 0 aliphatic carbocycles. The van der Waals surface area contributed by atoms with Crippen molar-refractivity contribution in [3.63, 3.8) is 0 Å². The lowest BCUT2D eigenvalue weighted by atomic mass is 10.00. The van der Waals surface area contributed by atoms with Crippen LogP contribution in [-0.2, 0) is 20.7 Å². The van der Waals surface area contributed by atoms with E-state index in [0.29, 0.717) is 6.42 Å². The molecule has 2 aromatic rings. The molecular weight excluding hydrogens is 282 g/mol. The molecule has 1 aromatic heterocycles. The summed E-state index contributed by atoms with van der Waals surface area (Å²) in [7, 11) is 1.24. The van der Waals surface area contributed by atoms with E-state index in [-0.39, 0.29) is 5.69 Å². The number of carbonyl (C=O) groups excluding carboxylic acids is 2. The van der Waals surface area contributed by atoms with E-state index in [4.69, 9.17) is 9.47 Å². The summed E-state index contributed by atoms with van der Waals surface area (Å²) in [5, 5.41) is 0. The number of ketones is 1. The molecular formula is C17H15NO4. The van der Waals surface area contributed by atoms with Gasteiger partial charge in [0.1, 0.15) is 5.69 Å². The molecule has 0 saturated carbocycles. The maximum absolute atomic E-state index is 12.5. The van der Waals surface area contributed by atoms with Crippen LogP contribution in [0.5, 0.6) is 0 Å². The summed E-state index contributed by atoms with van der Waals surface area (Å²) >= 11 is 0. The molecule has 0 fully saturated rings. The summed E-state index contributed by atoms with van der Waals surface area (Å²) in [6.45, 7) is 0. The standard InChI is InChI=1S/C17H15NO4/c1-21-17(20)16-15(19)14-12(8-5-9-18-14)10-13(22-16)11-6-3-2-4-7-11/h2-9,13,16H,10H2,1H3. The molecule has 0 bridgehead atoms. The van der Waals surface area contributed by atoms with E-state index in [2.05, 4.69) is 4.98 Å². The Morgan fingerprint density at radius 2 is 2.00 bits per heavy atom. The third-order valence-corrected chi connectivity index (χ3v) is 3.66. The van der Waals surface area contributed by atoms with Crippen molar-refractivity contribution >= 4 is 11.8 Å². The number of methoxy groups -OCH3 is 1. The first-order valence-electron chi connectivity index (χ1n) is 6.97. The fourth-order valence-electron chi connectivity index (χ4n) is 2.56. The number of benzene rings is 1. The molecule has 0 radical (unpaired) electrons. The van der Waals surface area contributed by atoms with E-state index in [0.717, 1.165) is 11.1 Å². The van der Waals surface area contributed by atoms with Gasteiger partial charge in [0.05, 0.1) is 13.2 Å². The van der Waals surface area contributed by atoms with Crippen LogP contribution in [0.2, 0.25) is 0 Å². The Labute approximate surface area is 127 Å². The Balaban J connectivity index is 2.05. The van der Waals surface area contributed by atoms with Gasteiger partial charge in [-0.15, -0.1) is 0 Å². The van der Waals surface area contributed by atoms with E-state index in [1.165, 1.54) is 13.3 Å². The van der Waals surface area contributed by atoms with Crippen molar-refractivity contribution in [1.29, 1.82) is 0 Å². The molecule has 2 unspecified atom stereocenters. The third-order valence-electron chi connectivity index (χ3n) is 3.66. The predicted octanol–water partition coefficient (Wildman–Crippen LogP) is 2.12. The van der Waals surface area contributed by atoms with E-state index in [9.17, 15) is 9.59 Å². The number of carbonyl (C=O) groups is 2. The number of ether oxygens (including phenoxy) is 2. The second-order valence-electron chi connectivity index (χ2n) is 5.02. The largest absolute Gasteiger partial charge is 0.467 e. The first-order valence-corrected chi connectivity index (χ1v) is 6.97. The van der Waals surface area contributed by atoms with Gasteiger partial charge in [-0.25, -0.2) is 4.79 Å². The van der Waals surface area contributed by atoms with Crippen molar-refractivity contribution in [3.05, 3.63) is 65.5 Å². The Hall–Kier alpha value is -2.53. The zero-order chi connectivity index (χ0) is 15.5. The second-order valence-corrected chi connectivity index (χ2v) is 5.02. The van der Waals surface area contributed by atoms with Crippen molar-refractivity contribution in [1.82, 2.24) is 4.98 Å². The molecule has 5 heteroatoms. The lowest BCUT2D eigenvalue weighted by Gasteiger charge is -2.19. The van der Waals surface area contributed by atoms with Gasteiger partial charge in [-0.1, -0.05) is 36.4 Å². The van der Waals surface area contributed by atoms with Gasteiger partial charge >= 0.3 is 5.97 Å². The van der Waals surface area contributed by atoms with E-state index in [1.54, 1.807) is 6.07 Å². The first-order chi connectivity index (χ1) is 10.7. The molecule has 2 heterocycles. The van der Waals surface area contributed by atoms with Crippen LogP contribution in [0.25, 0.3) is 0 Å². The highest BCUT2D eigenvalue weighted by Gasteiger charge is 2.37. The van der Waals surface area contributed by atoms with Crippen molar-refractivity contribution in [2.24, 2.45) is 0 Å². The molecule has 22 heavy (non-hydrogen) atoms. The Bertz CT molecular complexity index is 699. The topological polar surface area (TPSA) is 65.5 Å². The van der Waals surface area contributed by atoms with Gasteiger partial charge in [-0.2, -0.15) is 0 Å². The first kappa shape index (κ1) is 14.4. The molecule has 0 saturated heterocycles. The summed E-state index contributed by atoms with van der Waals surface area (Å²) in [5.74, 6) is -1.16. The van der Waals surface area contributed by atoms with Gasteiger partial charge in [0.2, 0.25) is 11.9 Å². The summed E-state index contributed by atoms with van der Waals surface area (Å²) in [5.41, 5.74) is 1.95. The van der Waals surface area contributed by atoms with Crippen molar-refractivity contribution in [2.75, 3.05) is 7.11 Å². The van der Waals surface area contributed by atoms with Gasteiger partial charge < -0.3 is 9.47 Å². The molecule has 1 aliphatic heterocycles. The molecule has 2 atom stereocenters. The molecule has 112 valence electrons. The maximum Gasteiger partial charge on any atom is 0.343 e. The lowest BCUT2D eigenvalue weighted by molar-refractivity contribution is -0.153. The van der Waals surface area contributed by atoms with Gasteiger partial charge in [0.15, 0.2) is 0 Å². The van der Waals surface area contributed by atoms with Crippen LogP contribution in [0.4, 0.5) is 0 Å². The Kier molecular flexibility index (Phi) is 3.98. The van der Waals surface area contributed by atoms with Crippen LogP contribution in [0.15, 0.2) is 48.7 Å². The van der Waals surface area contributed by atoms with Gasteiger partial charge in [0.25, 0.3) is 0 Å². The van der Waals surface area contributed by atoms with Crippen LogP contribution in [-0.4, -0.2) is 30.0 Å². The van der Waals surface area contributed by atoms with Gasteiger partial charge in [0, 0.05) is 12.6 Å². The zero-order valence-corrected chi connectivity index (χ0v) is 12.1. The predicted molar refractivity (Wildman–Crippen MR) is 78.3 cm³/mol. The quantitative estimate of drug-likeness (QED) is 0.627. The Morgan fingerprint density at radius 1 is 1.23 bits per heavy atom. The minimum atomic E-state index is -1.29. The van der Waals surface area contributed by atoms with E-state index in [1.807, 2.05) is 36.4 Å². The summed E-state index contributed by atoms with van der Waals surface area (Å²) in [6.07, 6.45) is 0.325. The molecule has 5 nitrogen and oxygen atoms in total. The third kappa shape index (κ3) is 2.63. The molecule has 3 rings (SSSR count). The minimum Gasteiger partial charge on any atom is -0.467 e. The highest BCUT2D eigenvalue weighted by Crippen LogP contribution is 2.29. The number of fused-ring (bicyclic) bond motifs is 1. The smallest absolute Gasteiger partial charge is 0.343 e. The number of hydrogen-bond donors (Lipinski definition) is 0. The number of hydrogen-bond acceptors (Lipinski definition) is 5. The van der Waals surface area contributed by atoms with Crippen molar-refractivity contribution in [2.45, 2.75) is 18.6 Å². The molecule has 0 N–H and O–H groups in total. The summed E-state index contributed by atoms with van der Waals surface area (Å²) < 4.78 is 10.5. The maximum atomic E-state index is 12.5. The number of pyridine rings is 1. The Morgan fingerprint density at radius 3 is 2.73 bits per heavy atom. The number of Topliss-reactive ketones (excluding diaryl/α,β-unsaturated/α-hetero) is 1. The molecule has 0 spiro atoms. The average Bonchev–Trinajstić information content (AvgIpc) is 2.72. The summed E-state index contributed by atoms with van der Waals surface area (Å²) in [6, 6.07) is 13.1. The highest BCUT2D eigenvalue weighted by molar-refractivity contribution is 6.11. The number of nitrogens with zero attached hydrogens (tertiary/aromatic N) is 1. The molecule has 1 aliphatic rings. The van der Waals surface area contributed by atoms with Crippen LogP contribution in [0, 0.1) is 0 Å². The molecule has 1 aromatic carbocycles. The zero-order valence-electron chi connectivity index (χ0n) is 12.1. The van der Waals surface area contributed by atoms with Crippen LogP contribution in [0.1, 0.15) is 27.7 Å². The van der Waals surface area contributed by atoms with Crippen LogP contribution in [0.3, 0.4) is 0 Å². The van der Waals surface area contributed by atoms with E-state index >= 15 is 0 Å². The molecule has 0 amide bonds. The average molecular weight is 297 g/mol. The van der Waals surface area contributed by atoms with Crippen molar-refractivity contribution in [3.8, 4) is 0 Å². The van der Waals surface area contributed by atoms with Crippen LogP contribution >= 0.6 is 0 Å². The second kappa shape index (κ2) is 6.07. The summed E-state index contributed by atoms with van der Waals surface area (Å²) in [4.78, 5) is 28.6. The fraction of sp³-hybridized carbons (Fsp3) is 0.235. The fourth-order valence-corrected chi connectivity index (χ4v) is 2.56. The lowest BCUT2D eigenvalue weighted by Crippen LogP contribution is -2.34. The van der Waals surface area contributed by atoms with Crippen molar-refractivity contribution < 1.29 is 19.1 Å². The number of aromatic nitrogens is 1. The minimum absolute atomic E-state index is 0.274.